The van der Waals surface area contributed by atoms with Crippen LogP contribution in [0.5, 0.6) is 5.75 Å². The van der Waals surface area contributed by atoms with Gasteiger partial charge < -0.3 is 15.0 Å². The van der Waals surface area contributed by atoms with Gasteiger partial charge in [0.05, 0.1) is 0 Å². The second-order valence-electron chi connectivity index (χ2n) is 6.32. The van der Waals surface area contributed by atoms with E-state index in [0.29, 0.717) is 17.3 Å². The van der Waals surface area contributed by atoms with E-state index in [4.69, 9.17) is 16.3 Å². The maximum Gasteiger partial charge on any atom is 0.261 e. The van der Waals surface area contributed by atoms with Crippen LogP contribution in [0.2, 0.25) is 5.02 Å². The van der Waals surface area contributed by atoms with Crippen molar-refractivity contribution in [3.8, 4) is 5.75 Å². The molecule has 0 bridgehead atoms. The second-order valence-corrected chi connectivity index (χ2v) is 7.98. The van der Waals surface area contributed by atoms with Crippen molar-refractivity contribution in [3.63, 3.8) is 0 Å². The number of carbonyl (C=O) groups excluding carboxylic acids is 2. The first-order valence-electron chi connectivity index (χ1n) is 9.11. The predicted octanol–water partition coefficient (Wildman–Crippen LogP) is 4.27. The van der Waals surface area contributed by atoms with Crippen molar-refractivity contribution in [3.05, 3.63) is 62.7 Å². The van der Waals surface area contributed by atoms with Gasteiger partial charge in [-0.3, -0.25) is 9.59 Å². The minimum Gasteiger partial charge on any atom is -0.484 e. The number of nitrogens with one attached hydrogen (secondary N) is 1. The van der Waals surface area contributed by atoms with Gasteiger partial charge in [0.15, 0.2) is 6.61 Å². The smallest absolute Gasteiger partial charge is 0.261 e. The lowest BCUT2D eigenvalue weighted by Gasteiger charge is -2.29. The Labute approximate surface area is 184 Å². The lowest BCUT2D eigenvalue weighted by Crippen LogP contribution is -2.49. The monoisotopic (exact) mass is 514 g/mol. The van der Waals surface area contributed by atoms with Crippen LogP contribution in [0.3, 0.4) is 0 Å². The Bertz CT molecular complexity index is 798. The third-order valence-electron chi connectivity index (χ3n) is 4.19. The molecule has 0 aliphatic rings. The molecule has 0 saturated heterocycles. The maximum atomic E-state index is 12.9. The molecule has 0 saturated carbocycles. The zero-order valence-electron chi connectivity index (χ0n) is 16.0. The van der Waals surface area contributed by atoms with E-state index in [1.165, 1.54) is 4.90 Å². The fourth-order valence-corrected chi connectivity index (χ4v) is 3.10. The van der Waals surface area contributed by atoms with Gasteiger partial charge in [-0.15, -0.1) is 0 Å². The van der Waals surface area contributed by atoms with E-state index >= 15 is 0 Å². The molecule has 1 unspecified atom stereocenters. The molecule has 2 aromatic rings. The summed E-state index contributed by atoms with van der Waals surface area (Å²) in [4.78, 5) is 26.8. The number of carbonyl (C=O) groups is 2. The number of rotatable bonds is 9. The van der Waals surface area contributed by atoms with Crippen molar-refractivity contribution in [1.82, 2.24) is 10.2 Å². The molecule has 150 valence electrons. The first-order chi connectivity index (χ1) is 13.4. The zero-order valence-corrected chi connectivity index (χ0v) is 18.9. The molecule has 2 amide bonds. The van der Waals surface area contributed by atoms with Crippen LogP contribution in [0.25, 0.3) is 0 Å². The molecule has 0 fully saturated rings. The highest BCUT2D eigenvalue weighted by atomic mass is 127. The van der Waals surface area contributed by atoms with Crippen LogP contribution in [0.4, 0.5) is 0 Å². The molecule has 1 N–H and O–H groups in total. The summed E-state index contributed by atoms with van der Waals surface area (Å²) in [7, 11) is 0. The molecule has 0 spiro atoms. The number of nitrogens with zero attached hydrogens (tertiary/aromatic N) is 1. The minimum absolute atomic E-state index is 0.156. The minimum atomic E-state index is -0.643. The SMILES string of the molecule is CCCNC(=O)C(C)N(Cc1ccccc1Cl)C(=O)COc1ccc(I)cc1. The summed E-state index contributed by atoms with van der Waals surface area (Å²) in [6.45, 7) is 4.33. The van der Waals surface area contributed by atoms with Crippen molar-refractivity contribution in [2.24, 2.45) is 0 Å². The van der Waals surface area contributed by atoms with Crippen molar-refractivity contribution in [1.29, 1.82) is 0 Å². The van der Waals surface area contributed by atoms with Crippen LogP contribution in [-0.2, 0) is 16.1 Å². The first kappa shape index (κ1) is 22.5. The van der Waals surface area contributed by atoms with Crippen molar-refractivity contribution < 1.29 is 14.3 Å². The molecule has 0 heterocycles. The highest BCUT2D eigenvalue weighted by Gasteiger charge is 2.26. The Morgan fingerprint density at radius 2 is 1.86 bits per heavy atom. The van der Waals surface area contributed by atoms with E-state index < -0.39 is 6.04 Å². The summed E-state index contributed by atoms with van der Waals surface area (Å²) >= 11 is 8.46. The van der Waals surface area contributed by atoms with E-state index in [1.807, 2.05) is 49.4 Å². The number of benzene rings is 2. The molecule has 2 aromatic carbocycles. The summed E-state index contributed by atoms with van der Waals surface area (Å²) < 4.78 is 6.70. The third-order valence-corrected chi connectivity index (χ3v) is 5.28. The van der Waals surface area contributed by atoms with Gasteiger partial charge in [-0.25, -0.2) is 0 Å². The van der Waals surface area contributed by atoms with Gasteiger partial charge in [0.1, 0.15) is 11.8 Å². The molecule has 7 heteroatoms. The molecular formula is C21H24ClIN2O3. The van der Waals surface area contributed by atoms with Crippen LogP contribution in [0.15, 0.2) is 48.5 Å². The molecule has 1 atom stereocenters. The number of ether oxygens (including phenoxy) is 1. The lowest BCUT2D eigenvalue weighted by molar-refractivity contribution is -0.142. The van der Waals surface area contributed by atoms with Crippen molar-refractivity contribution >= 4 is 46.0 Å². The molecular weight excluding hydrogens is 491 g/mol. The molecule has 28 heavy (non-hydrogen) atoms. The molecule has 2 rings (SSSR count). The normalized spacial score (nSPS) is 11.6. The average Bonchev–Trinajstić information content (AvgIpc) is 2.70. The zero-order chi connectivity index (χ0) is 20.5. The third kappa shape index (κ3) is 6.67. The van der Waals surface area contributed by atoms with Gasteiger partial charge in [0.25, 0.3) is 5.91 Å². The van der Waals surface area contributed by atoms with E-state index in [9.17, 15) is 9.59 Å². The molecule has 0 aromatic heterocycles. The fraction of sp³-hybridized carbons (Fsp3) is 0.333. The van der Waals surface area contributed by atoms with E-state index in [2.05, 4.69) is 27.9 Å². The summed E-state index contributed by atoms with van der Waals surface area (Å²) in [6, 6.07) is 14.1. The van der Waals surface area contributed by atoms with Gasteiger partial charge >= 0.3 is 0 Å². The van der Waals surface area contributed by atoms with Crippen molar-refractivity contribution in [2.75, 3.05) is 13.2 Å². The second kappa shape index (κ2) is 11.3. The molecule has 5 nitrogen and oxygen atoms in total. The number of halogens is 2. The highest BCUT2D eigenvalue weighted by molar-refractivity contribution is 14.1. The predicted molar refractivity (Wildman–Crippen MR) is 119 cm³/mol. The lowest BCUT2D eigenvalue weighted by atomic mass is 10.1. The topological polar surface area (TPSA) is 58.6 Å². The van der Waals surface area contributed by atoms with Crippen LogP contribution in [0.1, 0.15) is 25.8 Å². The Kier molecular flexibility index (Phi) is 9.05. The fourth-order valence-electron chi connectivity index (χ4n) is 2.55. The largest absolute Gasteiger partial charge is 0.484 e. The van der Waals surface area contributed by atoms with Gasteiger partial charge in [0.2, 0.25) is 5.91 Å². The Morgan fingerprint density at radius 3 is 2.50 bits per heavy atom. The molecule has 0 aliphatic heterocycles. The van der Waals surface area contributed by atoms with Crippen LogP contribution >= 0.6 is 34.2 Å². The summed E-state index contributed by atoms with van der Waals surface area (Å²) in [6.07, 6.45) is 0.826. The van der Waals surface area contributed by atoms with E-state index in [1.54, 1.807) is 13.0 Å². The highest BCUT2D eigenvalue weighted by Crippen LogP contribution is 2.19. The van der Waals surface area contributed by atoms with E-state index in [-0.39, 0.29) is 25.0 Å². The Hall–Kier alpha value is -1.80. The Morgan fingerprint density at radius 1 is 1.18 bits per heavy atom. The van der Waals surface area contributed by atoms with Gasteiger partial charge in [-0.2, -0.15) is 0 Å². The first-order valence-corrected chi connectivity index (χ1v) is 10.6. The summed E-state index contributed by atoms with van der Waals surface area (Å²) in [5, 5.41) is 3.40. The van der Waals surface area contributed by atoms with Gasteiger partial charge in [0, 0.05) is 21.7 Å². The molecule has 0 radical (unpaired) electrons. The summed E-state index contributed by atoms with van der Waals surface area (Å²) in [5.41, 5.74) is 0.780. The maximum absolute atomic E-state index is 12.9. The quantitative estimate of drug-likeness (QED) is 0.509. The number of hydrogen-bond acceptors (Lipinski definition) is 3. The van der Waals surface area contributed by atoms with Gasteiger partial charge in [-0.05, 0) is 71.8 Å². The van der Waals surface area contributed by atoms with Crippen LogP contribution in [0, 0.1) is 3.57 Å². The summed E-state index contributed by atoms with van der Waals surface area (Å²) in [5.74, 6) is 0.128. The van der Waals surface area contributed by atoms with Crippen molar-refractivity contribution in [2.45, 2.75) is 32.9 Å². The average molecular weight is 515 g/mol. The van der Waals surface area contributed by atoms with Crippen LogP contribution in [-0.4, -0.2) is 35.9 Å². The van der Waals surface area contributed by atoms with Gasteiger partial charge in [-0.1, -0.05) is 36.7 Å². The standard InChI is InChI=1S/C21H24ClIN2O3/c1-3-12-24-21(27)15(2)25(13-16-6-4-5-7-19(16)22)20(26)14-28-18-10-8-17(23)9-11-18/h4-11,15H,3,12-14H2,1-2H3,(H,24,27). The number of hydrogen-bond donors (Lipinski definition) is 1. The molecule has 0 aliphatic carbocycles. The van der Waals surface area contributed by atoms with Crippen LogP contribution < -0.4 is 10.1 Å². The Balaban J connectivity index is 2.13. The number of amides is 2. The van der Waals surface area contributed by atoms with E-state index in [0.717, 1.165) is 15.6 Å².